The number of rotatable bonds is 7. The van der Waals surface area contributed by atoms with Crippen molar-refractivity contribution in [3.8, 4) is 5.75 Å². The second-order valence-corrected chi connectivity index (χ2v) is 5.28. The van der Waals surface area contributed by atoms with E-state index in [2.05, 4.69) is 60.8 Å². The van der Waals surface area contributed by atoms with Gasteiger partial charge in [-0.3, -0.25) is 0 Å². The van der Waals surface area contributed by atoms with Gasteiger partial charge in [0.25, 0.3) is 0 Å². The van der Waals surface area contributed by atoms with Crippen molar-refractivity contribution in [2.75, 3.05) is 20.2 Å². The molecule has 0 fully saturated rings. The highest BCUT2D eigenvalue weighted by atomic mass is 16.5. The average Bonchev–Trinajstić information content (AvgIpc) is 2.48. The van der Waals surface area contributed by atoms with Gasteiger partial charge < -0.3 is 10.1 Å². The monoisotopic (exact) mass is 269 g/mol. The first-order valence-electron chi connectivity index (χ1n) is 7.18. The summed E-state index contributed by atoms with van der Waals surface area (Å²) in [5.41, 5.74) is 2.65. The zero-order valence-electron chi connectivity index (χ0n) is 12.3. The van der Waals surface area contributed by atoms with Gasteiger partial charge in [-0.05, 0) is 36.7 Å². The van der Waals surface area contributed by atoms with Gasteiger partial charge in [-0.25, -0.2) is 0 Å². The summed E-state index contributed by atoms with van der Waals surface area (Å²) >= 11 is 0. The quantitative estimate of drug-likeness (QED) is 0.830. The molecule has 106 valence electrons. The van der Waals surface area contributed by atoms with Gasteiger partial charge in [0, 0.05) is 12.5 Å². The molecule has 0 heterocycles. The van der Waals surface area contributed by atoms with Gasteiger partial charge in [-0.2, -0.15) is 0 Å². The summed E-state index contributed by atoms with van der Waals surface area (Å²) < 4.78 is 5.79. The molecule has 1 atom stereocenters. The van der Waals surface area contributed by atoms with E-state index in [1.165, 1.54) is 11.1 Å². The third-order valence-corrected chi connectivity index (χ3v) is 3.26. The van der Waals surface area contributed by atoms with Crippen molar-refractivity contribution in [3.63, 3.8) is 0 Å². The number of hydrogen-bond acceptors (Lipinski definition) is 2. The lowest BCUT2D eigenvalue weighted by atomic mass is 10.1. The van der Waals surface area contributed by atoms with Gasteiger partial charge in [-0.1, -0.05) is 49.4 Å². The minimum absolute atomic E-state index is 0.518. The lowest BCUT2D eigenvalue weighted by molar-refractivity contribution is 0.258. The lowest BCUT2D eigenvalue weighted by Crippen LogP contribution is -2.21. The molecule has 0 aliphatic heterocycles. The van der Waals surface area contributed by atoms with Crippen LogP contribution in [0.3, 0.4) is 0 Å². The van der Waals surface area contributed by atoms with E-state index >= 15 is 0 Å². The highest BCUT2D eigenvalue weighted by Gasteiger charge is 2.02. The van der Waals surface area contributed by atoms with Crippen molar-refractivity contribution in [2.24, 2.45) is 5.92 Å². The van der Waals surface area contributed by atoms with E-state index in [0.29, 0.717) is 5.92 Å². The third-order valence-electron chi connectivity index (χ3n) is 3.26. The fourth-order valence-corrected chi connectivity index (χ4v) is 2.18. The van der Waals surface area contributed by atoms with Crippen LogP contribution >= 0.6 is 0 Å². The molecule has 0 radical (unpaired) electrons. The molecular formula is C18H23NO. The molecule has 2 nitrogen and oxygen atoms in total. The summed E-state index contributed by atoms with van der Waals surface area (Å²) in [4.78, 5) is 0. The SMILES string of the molecule is CNCC(C)COc1ccc(Cc2ccccc2)cc1. The predicted octanol–water partition coefficient (Wildman–Crippen LogP) is 3.51. The van der Waals surface area contributed by atoms with Crippen molar-refractivity contribution >= 4 is 0 Å². The molecule has 0 saturated heterocycles. The van der Waals surface area contributed by atoms with Crippen LogP contribution in [0, 0.1) is 5.92 Å². The number of ether oxygens (including phenoxy) is 1. The molecule has 0 aliphatic carbocycles. The van der Waals surface area contributed by atoms with Gasteiger partial charge in [0.2, 0.25) is 0 Å². The van der Waals surface area contributed by atoms with Crippen molar-refractivity contribution in [3.05, 3.63) is 65.7 Å². The van der Waals surface area contributed by atoms with Gasteiger partial charge >= 0.3 is 0 Å². The predicted molar refractivity (Wildman–Crippen MR) is 84.3 cm³/mol. The molecule has 0 spiro atoms. The van der Waals surface area contributed by atoms with Crippen LogP contribution in [-0.2, 0) is 6.42 Å². The molecule has 2 aromatic rings. The fourth-order valence-electron chi connectivity index (χ4n) is 2.18. The van der Waals surface area contributed by atoms with E-state index in [4.69, 9.17) is 4.74 Å². The summed E-state index contributed by atoms with van der Waals surface area (Å²) in [5.74, 6) is 1.47. The van der Waals surface area contributed by atoms with E-state index in [1.807, 2.05) is 13.1 Å². The van der Waals surface area contributed by atoms with Crippen LogP contribution in [-0.4, -0.2) is 20.2 Å². The van der Waals surface area contributed by atoms with Gasteiger partial charge in [0.15, 0.2) is 0 Å². The molecule has 2 heteroatoms. The number of hydrogen-bond donors (Lipinski definition) is 1. The van der Waals surface area contributed by atoms with Crippen molar-refractivity contribution in [2.45, 2.75) is 13.3 Å². The second kappa shape index (κ2) is 7.71. The Morgan fingerprint density at radius 1 is 0.950 bits per heavy atom. The lowest BCUT2D eigenvalue weighted by Gasteiger charge is -2.12. The maximum Gasteiger partial charge on any atom is 0.119 e. The van der Waals surface area contributed by atoms with E-state index in [0.717, 1.165) is 25.3 Å². The Bertz CT molecular complexity index is 493. The topological polar surface area (TPSA) is 21.3 Å². The zero-order chi connectivity index (χ0) is 14.2. The minimum atomic E-state index is 0.518. The first-order chi connectivity index (χ1) is 9.78. The van der Waals surface area contributed by atoms with E-state index in [-0.39, 0.29) is 0 Å². The van der Waals surface area contributed by atoms with Crippen LogP contribution in [0.5, 0.6) is 5.75 Å². The van der Waals surface area contributed by atoms with Crippen LogP contribution in [0.25, 0.3) is 0 Å². The van der Waals surface area contributed by atoms with Crippen LogP contribution in [0.2, 0.25) is 0 Å². The molecule has 0 bridgehead atoms. The second-order valence-electron chi connectivity index (χ2n) is 5.28. The van der Waals surface area contributed by atoms with Crippen LogP contribution in [0.15, 0.2) is 54.6 Å². The van der Waals surface area contributed by atoms with E-state index in [9.17, 15) is 0 Å². The molecule has 20 heavy (non-hydrogen) atoms. The Morgan fingerprint density at radius 2 is 1.60 bits per heavy atom. The Balaban J connectivity index is 1.87. The number of nitrogens with one attached hydrogen (secondary N) is 1. The molecule has 1 N–H and O–H groups in total. The molecule has 2 rings (SSSR count). The average molecular weight is 269 g/mol. The molecular weight excluding hydrogens is 246 g/mol. The number of benzene rings is 2. The van der Waals surface area contributed by atoms with Crippen molar-refractivity contribution < 1.29 is 4.74 Å². The smallest absolute Gasteiger partial charge is 0.119 e. The Hall–Kier alpha value is -1.80. The van der Waals surface area contributed by atoms with Gasteiger partial charge in [-0.15, -0.1) is 0 Å². The Morgan fingerprint density at radius 3 is 2.25 bits per heavy atom. The largest absolute Gasteiger partial charge is 0.493 e. The highest BCUT2D eigenvalue weighted by molar-refractivity contribution is 5.31. The summed E-state index contributed by atoms with van der Waals surface area (Å²) in [6, 6.07) is 18.9. The molecule has 0 aromatic heterocycles. The van der Waals surface area contributed by atoms with Crippen LogP contribution < -0.4 is 10.1 Å². The normalized spacial score (nSPS) is 12.1. The zero-order valence-corrected chi connectivity index (χ0v) is 12.3. The summed E-state index contributed by atoms with van der Waals surface area (Å²) in [5, 5.41) is 3.16. The standard InChI is InChI=1S/C18H23NO/c1-15(13-19-2)14-20-18-10-8-17(9-11-18)12-16-6-4-3-5-7-16/h3-11,15,19H,12-14H2,1-2H3. The first kappa shape index (κ1) is 14.6. The maximum absolute atomic E-state index is 5.79. The molecule has 0 saturated carbocycles. The Kier molecular flexibility index (Phi) is 5.63. The summed E-state index contributed by atoms with van der Waals surface area (Å²) in [6.07, 6.45) is 0.970. The van der Waals surface area contributed by atoms with Crippen LogP contribution in [0.1, 0.15) is 18.1 Å². The van der Waals surface area contributed by atoms with Gasteiger partial charge in [0.05, 0.1) is 6.61 Å². The Labute approximate surface area is 121 Å². The molecule has 1 unspecified atom stereocenters. The minimum Gasteiger partial charge on any atom is -0.493 e. The fraction of sp³-hybridized carbons (Fsp3) is 0.333. The first-order valence-corrected chi connectivity index (χ1v) is 7.18. The highest BCUT2D eigenvalue weighted by Crippen LogP contribution is 2.16. The third kappa shape index (κ3) is 4.71. The van der Waals surface area contributed by atoms with E-state index < -0.39 is 0 Å². The van der Waals surface area contributed by atoms with Crippen molar-refractivity contribution in [1.82, 2.24) is 5.32 Å². The molecule has 0 aliphatic rings. The van der Waals surface area contributed by atoms with E-state index in [1.54, 1.807) is 0 Å². The maximum atomic E-state index is 5.79. The van der Waals surface area contributed by atoms with Crippen LogP contribution in [0.4, 0.5) is 0 Å². The van der Waals surface area contributed by atoms with Crippen molar-refractivity contribution in [1.29, 1.82) is 0 Å². The summed E-state index contributed by atoms with van der Waals surface area (Å²) in [7, 11) is 1.97. The molecule has 2 aromatic carbocycles. The summed E-state index contributed by atoms with van der Waals surface area (Å²) in [6.45, 7) is 3.91. The molecule has 0 amide bonds. The van der Waals surface area contributed by atoms with Gasteiger partial charge in [0.1, 0.15) is 5.75 Å².